The fraction of sp³-hybridized carbons (Fsp3) is 0.889. The maximum absolute atomic E-state index is 11.1. The van der Waals surface area contributed by atoms with E-state index in [1.165, 1.54) is 0 Å². The highest BCUT2D eigenvalue weighted by atomic mass is 35.5. The minimum Gasteiger partial charge on any atom is -0.465 e. The van der Waals surface area contributed by atoms with Crippen LogP contribution in [0.4, 0.5) is 0 Å². The van der Waals surface area contributed by atoms with Crippen molar-refractivity contribution in [1.82, 2.24) is 0 Å². The van der Waals surface area contributed by atoms with Gasteiger partial charge in [-0.25, -0.2) is 0 Å². The number of rotatable bonds is 5. The van der Waals surface area contributed by atoms with E-state index in [1.54, 1.807) is 0 Å². The van der Waals surface area contributed by atoms with Crippen molar-refractivity contribution in [3.8, 4) is 0 Å². The predicted octanol–water partition coefficient (Wildman–Crippen LogP) is 1.73. The molecular weight excluding hydrogens is 190 g/mol. The second kappa shape index (κ2) is 8.32. The Balaban J connectivity index is 0. The molecule has 0 aliphatic carbocycles. The van der Waals surface area contributed by atoms with E-state index in [1.807, 2.05) is 20.8 Å². The summed E-state index contributed by atoms with van der Waals surface area (Å²) in [5, 5.41) is 0. The zero-order valence-electron chi connectivity index (χ0n) is 8.58. The van der Waals surface area contributed by atoms with Crippen LogP contribution < -0.4 is 5.73 Å². The van der Waals surface area contributed by atoms with E-state index in [2.05, 4.69) is 0 Å². The molecule has 0 spiro atoms. The maximum atomic E-state index is 11.1. The van der Waals surface area contributed by atoms with E-state index in [4.69, 9.17) is 10.5 Å². The number of nitrogens with two attached hydrogens (primary N) is 1. The molecule has 0 amide bonds. The van der Waals surface area contributed by atoms with Crippen LogP contribution in [0.25, 0.3) is 0 Å². The lowest BCUT2D eigenvalue weighted by atomic mass is 10.1. The Morgan fingerprint density at radius 3 is 2.38 bits per heavy atom. The summed E-state index contributed by atoms with van der Waals surface area (Å²) in [4.78, 5) is 11.1. The molecule has 3 nitrogen and oxygen atoms in total. The average Bonchev–Trinajstić information content (AvgIpc) is 1.98. The van der Waals surface area contributed by atoms with Gasteiger partial charge < -0.3 is 10.5 Å². The highest BCUT2D eigenvalue weighted by Crippen LogP contribution is 2.03. The van der Waals surface area contributed by atoms with Crippen molar-refractivity contribution in [3.63, 3.8) is 0 Å². The van der Waals surface area contributed by atoms with Crippen molar-refractivity contribution in [3.05, 3.63) is 0 Å². The van der Waals surface area contributed by atoms with E-state index >= 15 is 0 Å². The van der Waals surface area contributed by atoms with E-state index in [0.29, 0.717) is 18.9 Å². The lowest BCUT2D eigenvalue weighted by Gasteiger charge is -2.12. The molecule has 0 aromatic heterocycles. The summed E-state index contributed by atoms with van der Waals surface area (Å²) in [5.41, 5.74) is 5.58. The molecular formula is C9H20ClNO2. The summed E-state index contributed by atoms with van der Waals surface area (Å²) in [6, 6.07) is -0.448. The highest BCUT2D eigenvalue weighted by molar-refractivity contribution is 5.85. The number of hydrogen-bond acceptors (Lipinski definition) is 3. The first kappa shape index (κ1) is 15.2. The van der Waals surface area contributed by atoms with Gasteiger partial charge in [-0.2, -0.15) is 0 Å². The van der Waals surface area contributed by atoms with Crippen molar-refractivity contribution < 1.29 is 9.53 Å². The topological polar surface area (TPSA) is 52.3 Å². The molecule has 0 saturated carbocycles. The van der Waals surface area contributed by atoms with Gasteiger partial charge in [-0.3, -0.25) is 4.79 Å². The fourth-order valence-corrected chi connectivity index (χ4v) is 0.914. The quantitative estimate of drug-likeness (QED) is 0.702. The zero-order valence-corrected chi connectivity index (χ0v) is 9.39. The van der Waals surface area contributed by atoms with Gasteiger partial charge in [-0.15, -0.1) is 12.4 Å². The molecule has 0 rings (SSSR count). The smallest absolute Gasteiger partial charge is 0.322 e. The lowest BCUT2D eigenvalue weighted by molar-refractivity contribution is -0.145. The van der Waals surface area contributed by atoms with Gasteiger partial charge >= 0.3 is 5.97 Å². The fourth-order valence-electron chi connectivity index (χ4n) is 0.914. The Labute approximate surface area is 86.4 Å². The summed E-state index contributed by atoms with van der Waals surface area (Å²) in [6.07, 6.45) is 1.54. The molecule has 0 radical (unpaired) electrons. The van der Waals surface area contributed by atoms with Gasteiger partial charge in [0, 0.05) is 0 Å². The second-order valence-electron chi connectivity index (χ2n) is 3.40. The monoisotopic (exact) mass is 209 g/mol. The van der Waals surface area contributed by atoms with Crippen molar-refractivity contribution in [2.45, 2.75) is 39.7 Å². The van der Waals surface area contributed by atoms with E-state index in [9.17, 15) is 4.79 Å². The Hall–Kier alpha value is -0.280. The van der Waals surface area contributed by atoms with Crippen molar-refractivity contribution in [2.24, 2.45) is 11.7 Å². The first-order valence-electron chi connectivity index (χ1n) is 4.50. The molecule has 2 N–H and O–H groups in total. The van der Waals surface area contributed by atoms with Crippen molar-refractivity contribution in [2.75, 3.05) is 6.61 Å². The Kier molecular flexibility index (Phi) is 9.74. The van der Waals surface area contributed by atoms with Gasteiger partial charge in [-0.1, -0.05) is 20.8 Å². The number of halogens is 1. The number of carbonyl (C=O) groups is 1. The molecule has 0 aromatic rings. The number of esters is 1. The van der Waals surface area contributed by atoms with E-state index < -0.39 is 6.04 Å². The summed E-state index contributed by atoms with van der Waals surface area (Å²) < 4.78 is 4.89. The van der Waals surface area contributed by atoms with Gasteiger partial charge in [0.25, 0.3) is 0 Å². The molecule has 4 heteroatoms. The normalized spacial score (nSPS) is 12.1. The number of hydrogen-bond donors (Lipinski definition) is 1. The van der Waals surface area contributed by atoms with Gasteiger partial charge in [0.1, 0.15) is 6.04 Å². The van der Waals surface area contributed by atoms with Crippen LogP contribution in [0.2, 0.25) is 0 Å². The molecule has 0 aliphatic heterocycles. The average molecular weight is 210 g/mol. The summed E-state index contributed by atoms with van der Waals surface area (Å²) in [6.45, 7) is 6.51. The third-order valence-electron chi connectivity index (χ3n) is 1.48. The van der Waals surface area contributed by atoms with Crippen LogP contribution in [0.3, 0.4) is 0 Å². The first-order valence-corrected chi connectivity index (χ1v) is 4.50. The van der Waals surface area contributed by atoms with Gasteiger partial charge in [0.05, 0.1) is 6.61 Å². The minimum atomic E-state index is -0.448. The Morgan fingerprint density at radius 2 is 2.00 bits per heavy atom. The van der Waals surface area contributed by atoms with Crippen LogP contribution in [0.1, 0.15) is 33.6 Å². The van der Waals surface area contributed by atoms with Gasteiger partial charge in [0.15, 0.2) is 0 Å². The van der Waals surface area contributed by atoms with Crippen LogP contribution >= 0.6 is 12.4 Å². The van der Waals surface area contributed by atoms with Gasteiger partial charge in [-0.05, 0) is 18.8 Å². The SMILES string of the molecule is CCCOC(=O)[C@@H](N)CC(C)C.Cl. The standard InChI is InChI=1S/C9H19NO2.ClH/c1-4-5-12-9(11)8(10)6-7(2)3;/h7-8H,4-6,10H2,1-3H3;1H/t8-;/m0./s1. The number of carbonyl (C=O) groups excluding carboxylic acids is 1. The van der Waals surface area contributed by atoms with Crippen LogP contribution in [-0.4, -0.2) is 18.6 Å². The molecule has 1 atom stereocenters. The Bertz CT molecular complexity index is 140. The predicted molar refractivity (Wildman–Crippen MR) is 55.9 cm³/mol. The lowest BCUT2D eigenvalue weighted by Crippen LogP contribution is -2.33. The molecule has 13 heavy (non-hydrogen) atoms. The second-order valence-corrected chi connectivity index (χ2v) is 3.40. The molecule has 0 aliphatic rings. The molecule has 0 fully saturated rings. The summed E-state index contributed by atoms with van der Waals surface area (Å²) in [7, 11) is 0. The number of ether oxygens (including phenoxy) is 1. The van der Waals surface area contributed by atoms with Crippen LogP contribution in [0, 0.1) is 5.92 Å². The largest absolute Gasteiger partial charge is 0.465 e. The van der Waals surface area contributed by atoms with E-state index in [-0.39, 0.29) is 18.4 Å². The summed E-state index contributed by atoms with van der Waals surface area (Å²) >= 11 is 0. The third kappa shape index (κ3) is 8.06. The van der Waals surface area contributed by atoms with Crippen molar-refractivity contribution >= 4 is 18.4 Å². The maximum Gasteiger partial charge on any atom is 0.322 e. The molecule has 0 heterocycles. The molecule has 0 aromatic carbocycles. The highest BCUT2D eigenvalue weighted by Gasteiger charge is 2.15. The zero-order chi connectivity index (χ0) is 9.56. The Morgan fingerprint density at radius 1 is 1.46 bits per heavy atom. The van der Waals surface area contributed by atoms with Crippen LogP contribution in [-0.2, 0) is 9.53 Å². The van der Waals surface area contributed by atoms with Crippen LogP contribution in [0.5, 0.6) is 0 Å². The molecule has 80 valence electrons. The minimum absolute atomic E-state index is 0. The molecule has 0 bridgehead atoms. The van der Waals surface area contributed by atoms with E-state index in [0.717, 1.165) is 6.42 Å². The molecule has 0 unspecified atom stereocenters. The first-order chi connectivity index (χ1) is 5.57. The third-order valence-corrected chi connectivity index (χ3v) is 1.48. The van der Waals surface area contributed by atoms with Crippen molar-refractivity contribution in [1.29, 1.82) is 0 Å². The summed E-state index contributed by atoms with van der Waals surface area (Å²) in [5.74, 6) is 0.166. The van der Waals surface area contributed by atoms with Gasteiger partial charge in [0.2, 0.25) is 0 Å². The van der Waals surface area contributed by atoms with Crippen LogP contribution in [0.15, 0.2) is 0 Å². The molecule has 0 saturated heterocycles.